The highest BCUT2D eigenvalue weighted by Crippen LogP contribution is 2.40. The van der Waals surface area contributed by atoms with Gasteiger partial charge in [-0.25, -0.2) is 19.9 Å². The van der Waals surface area contributed by atoms with Gasteiger partial charge < -0.3 is 0 Å². The average Bonchev–Trinajstić information content (AvgIpc) is 3.19. The van der Waals surface area contributed by atoms with Crippen molar-refractivity contribution in [3.63, 3.8) is 0 Å². The fourth-order valence-corrected chi connectivity index (χ4v) is 7.17. The molecule has 0 radical (unpaired) electrons. The number of fused-ring (bicyclic) bond motifs is 6. The van der Waals surface area contributed by atoms with Crippen molar-refractivity contribution in [3.8, 4) is 45.0 Å². The molecule has 0 bridgehead atoms. The number of benzene rings is 6. The second kappa shape index (κ2) is 11.4. The number of hydrogen-bond acceptors (Lipinski definition) is 4. The van der Waals surface area contributed by atoms with Crippen molar-refractivity contribution in [2.45, 2.75) is 0 Å². The Morgan fingerprint density at radius 1 is 0.280 bits per heavy atom. The maximum atomic E-state index is 5.48. The minimum Gasteiger partial charge on any atom is -0.248 e. The molecule has 232 valence electrons. The summed E-state index contributed by atoms with van der Waals surface area (Å²) in [6, 6.07) is 59.0. The fourth-order valence-electron chi connectivity index (χ4n) is 7.17. The molecule has 0 saturated carbocycles. The lowest BCUT2D eigenvalue weighted by Crippen LogP contribution is -1.97. The van der Waals surface area contributed by atoms with Crippen molar-refractivity contribution < 1.29 is 0 Å². The van der Waals surface area contributed by atoms with Crippen molar-refractivity contribution in [1.82, 2.24) is 19.9 Å². The molecule has 0 aliphatic carbocycles. The molecule has 0 saturated heterocycles. The van der Waals surface area contributed by atoms with E-state index in [0.29, 0.717) is 0 Å². The summed E-state index contributed by atoms with van der Waals surface area (Å²) in [6.45, 7) is 0. The maximum Gasteiger partial charge on any atom is 0.0979 e. The number of para-hydroxylation sites is 2. The van der Waals surface area contributed by atoms with Crippen molar-refractivity contribution in [1.29, 1.82) is 0 Å². The summed E-state index contributed by atoms with van der Waals surface area (Å²) in [7, 11) is 0. The molecule has 4 heteroatoms. The van der Waals surface area contributed by atoms with E-state index in [0.717, 1.165) is 94.0 Å². The number of hydrogen-bond donors (Lipinski definition) is 0. The monoisotopic (exact) mass is 636 g/mol. The van der Waals surface area contributed by atoms with Crippen molar-refractivity contribution >= 4 is 54.4 Å². The van der Waals surface area contributed by atoms with Gasteiger partial charge in [0.2, 0.25) is 0 Å². The lowest BCUT2D eigenvalue weighted by molar-refractivity contribution is 1.34. The molecule has 0 fully saturated rings. The van der Waals surface area contributed by atoms with Crippen LogP contribution in [0.25, 0.3) is 99.4 Å². The molecule has 4 aromatic heterocycles. The summed E-state index contributed by atoms with van der Waals surface area (Å²) in [4.78, 5) is 21.2. The Morgan fingerprint density at radius 2 is 0.800 bits per heavy atom. The van der Waals surface area contributed by atoms with Crippen LogP contribution in [0, 0.1) is 0 Å². The highest BCUT2D eigenvalue weighted by molar-refractivity contribution is 6.14. The van der Waals surface area contributed by atoms with Crippen LogP contribution in [0.15, 0.2) is 170 Å². The van der Waals surface area contributed by atoms with Gasteiger partial charge in [-0.05, 0) is 47.2 Å². The van der Waals surface area contributed by atoms with E-state index in [1.807, 2.05) is 30.3 Å². The number of nitrogens with zero attached hydrogens (tertiary/aromatic N) is 4. The van der Waals surface area contributed by atoms with Crippen LogP contribution in [0.1, 0.15) is 0 Å². The number of pyridine rings is 4. The van der Waals surface area contributed by atoms with E-state index in [4.69, 9.17) is 19.9 Å². The van der Waals surface area contributed by atoms with Gasteiger partial charge in [0, 0.05) is 43.8 Å². The summed E-state index contributed by atoms with van der Waals surface area (Å²) >= 11 is 0. The highest BCUT2D eigenvalue weighted by Gasteiger charge is 2.19. The third kappa shape index (κ3) is 4.69. The van der Waals surface area contributed by atoms with Crippen LogP contribution in [-0.4, -0.2) is 19.9 Å². The molecule has 0 unspecified atom stereocenters. The summed E-state index contributed by atoms with van der Waals surface area (Å²) in [6.07, 6.45) is 0. The van der Waals surface area contributed by atoms with Crippen LogP contribution in [0.4, 0.5) is 0 Å². The number of aromatic nitrogens is 4. The second-order valence-corrected chi connectivity index (χ2v) is 12.6. The van der Waals surface area contributed by atoms with Gasteiger partial charge in [0.25, 0.3) is 0 Å². The first-order valence-electron chi connectivity index (χ1n) is 16.8. The largest absolute Gasteiger partial charge is 0.248 e. The molecule has 0 amide bonds. The lowest BCUT2D eigenvalue weighted by Gasteiger charge is -2.16. The molecule has 10 rings (SSSR count). The molecule has 0 aliphatic rings. The van der Waals surface area contributed by atoms with E-state index in [-0.39, 0.29) is 0 Å². The second-order valence-electron chi connectivity index (χ2n) is 12.6. The fraction of sp³-hybridized carbons (Fsp3) is 0. The first-order valence-corrected chi connectivity index (χ1v) is 16.8. The maximum absolute atomic E-state index is 5.48. The van der Waals surface area contributed by atoms with Gasteiger partial charge in [0.1, 0.15) is 0 Å². The van der Waals surface area contributed by atoms with Crippen LogP contribution in [0.2, 0.25) is 0 Å². The Morgan fingerprint density at radius 3 is 1.46 bits per heavy atom. The Balaban J connectivity index is 1.33. The normalized spacial score (nSPS) is 11.6. The predicted molar refractivity (Wildman–Crippen MR) is 207 cm³/mol. The number of rotatable bonds is 4. The van der Waals surface area contributed by atoms with Crippen molar-refractivity contribution in [2.75, 3.05) is 0 Å². The zero-order chi connectivity index (χ0) is 33.0. The van der Waals surface area contributed by atoms with Gasteiger partial charge in [-0.3, -0.25) is 0 Å². The molecule has 6 aromatic carbocycles. The molecule has 0 spiro atoms. The van der Waals surface area contributed by atoms with E-state index in [2.05, 4.69) is 140 Å². The molecule has 0 N–H and O–H groups in total. The molecule has 50 heavy (non-hydrogen) atoms. The van der Waals surface area contributed by atoms with E-state index < -0.39 is 0 Å². The zero-order valence-electron chi connectivity index (χ0n) is 27.0. The van der Waals surface area contributed by atoms with Crippen LogP contribution in [-0.2, 0) is 0 Å². The summed E-state index contributed by atoms with van der Waals surface area (Å²) in [5, 5.41) is 6.54. The van der Waals surface area contributed by atoms with Gasteiger partial charge in [0.15, 0.2) is 0 Å². The lowest BCUT2D eigenvalue weighted by atomic mass is 9.95. The Bertz CT molecular complexity index is 2930. The summed E-state index contributed by atoms with van der Waals surface area (Å²) < 4.78 is 0. The molecule has 0 atom stereocenters. The van der Waals surface area contributed by atoms with Gasteiger partial charge in [-0.1, -0.05) is 133 Å². The molecular weight excluding hydrogens is 609 g/mol. The van der Waals surface area contributed by atoms with Gasteiger partial charge in [0.05, 0.1) is 44.8 Å². The first kappa shape index (κ1) is 28.3. The third-order valence-corrected chi connectivity index (χ3v) is 9.64. The van der Waals surface area contributed by atoms with Crippen LogP contribution < -0.4 is 0 Å². The van der Waals surface area contributed by atoms with Gasteiger partial charge in [-0.2, -0.15) is 0 Å². The molecule has 4 nitrogen and oxygen atoms in total. The van der Waals surface area contributed by atoms with Crippen molar-refractivity contribution in [2.24, 2.45) is 0 Å². The molecule has 4 heterocycles. The van der Waals surface area contributed by atoms with E-state index in [1.54, 1.807) is 0 Å². The Hall–Kier alpha value is -6.78. The molecule has 10 aromatic rings. The smallest absolute Gasteiger partial charge is 0.0979 e. The molecular formula is C46H28N4. The minimum atomic E-state index is 0.831. The summed E-state index contributed by atoms with van der Waals surface area (Å²) in [5.41, 5.74) is 11.3. The topological polar surface area (TPSA) is 51.6 Å². The van der Waals surface area contributed by atoms with E-state index in [9.17, 15) is 0 Å². The van der Waals surface area contributed by atoms with E-state index >= 15 is 0 Å². The highest BCUT2D eigenvalue weighted by atomic mass is 14.8. The van der Waals surface area contributed by atoms with Gasteiger partial charge in [-0.15, -0.1) is 0 Å². The SMILES string of the molecule is c1ccc(-c2cc(-c3ccc4ccccc4n3)c3ccc4c(-c5ccc6ccccc6n5)cc(-c5cccc6ccccc56)nc4c3n2)cc1. The van der Waals surface area contributed by atoms with Crippen LogP contribution >= 0.6 is 0 Å². The quantitative estimate of drug-likeness (QED) is 0.180. The Labute approximate surface area is 288 Å². The minimum absolute atomic E-state index is 0.831. The standard InChI is InChI=1S/C46H28N4/c1-2-12-30(13-3-1)43-27-37(41-25-21-31-14-5-8-19-39(31)47-41)35-23-24-36-38(42-26-22-32-15-6-9-20-40(32)48-42)28-44(50-46(36)45(35)49-43)34-18-10-16-29-11-4-7-17-33(29)34/h1-28H. The first-order chi connectivity index (χ1) is 24.8. The average molecular weight is 637 g/mol. The van der Waals surface area contributed by atoms with Crippen molar-refractivity contribution in [3.05, 3.63) is 170 Å². The summed E-state index contributed by atoms with van der Waals surface area (Å²) in [5.74, 6) is 0. The van der Waals surface area contributed by atoms with Crippen LogP contribution in [0.5, 0.6) is 0 Å². The predicted octanol–water partition coefficient (Wildman–Crippen LogP) is 11.7. The third-order valence-electron chi connectivity index (χ3n) is 9.64. The van der Waals surface area contributed by atoms with Gasteiger partial charge >= 0.3 is 0 Å². The molecule has 0 aliphatic heterocycles. The Kier molecular flexibility index (Phi) is 6.46. The van der Waals surface area contributed by atoms with E-state index in [1.165, 1.54) is 5.39 Å². The zero-order valence-corrected chi connectivity index (χ0v) is 27.0. The van der Waals surface area contributed by atoms with Crippen LogP contribution in [0.3, 0.4) is 0 Å².